The van der Waals surface area contributed by atoms with Crippen molar-refractivity contribution in [3.05, 3.63) is 234 Å². The van der Waals surface area contributed by atoms with Crippen LogP contribution in [0.15, 0.2) is 200 Å². The lowest BCUT2D eigenvalue weighted by Gasteiger charge is -2.30. The molecule has 10 aromatic rings. The smallest absolute Gasteiger partial charge is 0.137 e. The molecular formula is C73H77N5. The summed E-state index contributed by atoms with van der Waals surface area (Å²) in [6.07, 6.45) is 1.99. The Kier molecular flexibility index (Phi) is 12.9. The van der Waals surface area contributed by atoms with Crippen molar-refractivity contribution in [2.45, 2.75) is 124 Å². The highest BCUT2D eigenvalue weighted by atomic mass is 15.4. The Morgan fingerprint density at radius 1 is 0.359 bits per heavy atom. The molecule has 0 fully saturated rings. The fourth-order valence-corrected chi connectivity index (χ4v) is 11.3. The van der Waals surface area contributed by atoms with Crippen molar-refractivity contribution < 1.29 is 0 Å². The molecule has 1 aliphatic heterocycles. The zero-order valence-corrected chi connectivity index (χ0v) is 48.5. The first kappa shape index (κ1) is 52.2. The van der Waals surface area contributed by atoms with E-state index < -0.39 is 0 Å². The molecule has 394 valence electrons. The predicted molar refractivity (Wildman–Crippen MR) is 334 cm³/mol. The van der Waals surface area contributed by atoms with Crippen LogP contribution in [0.2, 0.25) is 0 Å². The van der Waals surface area contributed by atoms with Gasteiger partial charge in [0.1, 0.15) is 12.5 Å². The minimum atomic E-state index is -0.257. The third-order valence-corrected chi connectivity index (χ3v) is 16.3. The van der Waals surface area contributed by atoms with E-state index in [9.17, 15) is 0 Å². The van der Waals surface area contributed by atoms with Crippen LogP contribution in [-0.2, 0) is 27.1 Å². The largest absolute Gasteiger partial charge is 0.321 e. The molecule has 5 nitrogen and oxygen atoms in total. The van der Waals surface area contributed by atoms with Gasteiger partial charge in [-0.1, -0.05) is 200 Å². The van der Waals surface area contributed by atoms with Crippen LogP contribution >= 0.6 is 0 Å². The second-order valence-corrected chi connectivity index (χ2v) is 26.4. The molecule has 8 aromatic carbocycles. The van der Waals surface area contributed by atoms with E-state index in [0.29, 0.717) is 6.67 Å². The van der Waals surface area contributed by atoms with Crippen molar-refractivity contribution in [2.24, 2.45) is 0 Å². The van der Waals surface area contributed by atoms with Gasteiger partial charge in [0.05, 0.1) is 22.4 Å². The number of aromatic nitrogens is 2. The number of anilines is 7. The number of para-hydroxylation sites is 3. The molecular weight excluding hydrogens is 947 g/mol. The van der Waals surface area contributed by atoms with Gasteiger partial charge < -0.3 is 14.7 Å². The number of hydrogen-bond acceptors (Lipinski definition) is 4. The van der Waals surface area contributed by atoms with Crippen LogP contribution in [0.25, 0.3) is 38.8 Å². The molecule has 5 heteroatoms. The van der Waals surface area contributed by atoms with Crippen molar-refractivity contribution in [3.63, 3.8) is 0 Å². The number of benzene rings is 8. The normalized spacial score (nSPS) is 13.4. The Morgan fingerprint density at radius 2 is 0.897 bits per heavy atom. The first-order chi connectivity index (χ1) is 36.9. The topological polar surface area (TPSA) is 27.5 Å². The van der Waals surface area contributed by atoms with Gasteiger partial charge in [0.25, 0.3) is 0 Å². The summed E-state index contributed by atoms with van der Waals surface area (Å²) in [5, 5.41) is 2.36. The first-order valence-corrected chi connectivity index (χ1v) is 28.0. The average molecular weight is 1020 g/mol. The fraction of sp³-hybridized carbons (Fsp3) is 0.274. The molecule has 0 amide bonds. The quantitative estimate of drug-likeness (QED) is 0.144. The molecule has 2 aromatic heterocycles. The molecule has 0 N–H and O–H groups in total. The maximum absolute atomic E-state index is 5.21. The number of pyridine rings is 1. The SMILES string of the molecule is CC(C)(C)c1cc(-c2ccc3c(c2)c2ccc(N(c4ccccc4)c4cccc(N5CN(c6cc(C(C)(C)C)cc(C(C)(C)C)c6)c6ccccc65)c4)cc2n3-c2cc(C(C)(C)c3ccccc3)ccn2)cc(C(C)(C)C)c1. The summed E-state index contributed by atoms with van der Waals surface area (Å²) in [6, 6.07) is 72.6. The average Bonchev–Trinajstić information content (AvgIpc) is 4.17. The summed E-state index contributed by atoms with van der Waals surface area (Å²) in [7, 11) is 0. The maximum Gasteiger partial charge on any atom is 0.137 e. The first-order valence-electron chi connectivity index (χ1n) is 28.0. The molecule has 0 atom stereocenters. The van der Waals surface area contributed by atoms with Crippen molar-refractivity contribution in [3.8, 4) is 16.9 Å². The lowest BCUT2D eigenvalue weighted by molar-refractivity contribution is 0.568. The molecule has 1 aliphatic rings. The third-order valence-electron chi connectivity index (χ3n) is 16.3. The van der Waals surface area contributed by atoms with Gasteiger partial charge in [-0.3, -0.25) is 4.57 Å². The predicted octanol–water partition coefficient (Wildman–Crippen LogP) is 20.1. The van der Waals surface area contributed by atoms with Gasteiger partial charge in [-0.2, -0.15) is 0 Å². The number of rotatable bonds is 9. The minimum Gasteiger partial charge on any atom is -0.321 e. The molecule has 11 rings (SSSR count). The van der Waals surface area contributed by atoms with E-state index in [4.69, 9.17) is 4.98 Å². The van der Waals surface area contributed by atoms with E-state index in [1.165, 1.54) is 72.3 Å². The number of nitrogens with zero attached hydrogens (tertiary/aromatic N) is 5. The zero-order chi connectivity index (χ0) is 55.1. The highest BCUT2D eigenvalue weighted by Gasteiger charge is 2.32. The van der Waals surface area contributed by atoms with Crippen LogP contribution in [0, 0.1) is 0 Å². The van der Waals surface area contributed by atoms with Crippen molar-refractivity contribution in [2.75, 3.05) is 21.4 Å². The minimum absolute atomic E-state index is 0.000565. The Bertz CT molecular complexity index is 3790. The molecule has 0 bridgehead atoms. The summed E-state index contributed by atoms with van der Waals surface area (Å²) in [6.45, 7) is 33.1. The van der Waals surface area contributed by atoms with E-state index >= 15 is 0 Å². The molecule has 0 saturated heterocycles. The van der Waals surface area contributed by atoms with Crippen molar-refractivity contribution in [1.82, 2.24) is 9.55 Å². The lowest BCUT2D eigenvalue weighted by atomic mass is 9.78. The van der Waals surface area contributed by atoms with Gasteiger partial charge in [0.15, 0.2) is 0 Å². The summed E-state index contributed by atoms with van der Waals surface area (Å²) >= 11 is 0. The molecule has 0 radical (unpaired) electrons. The van der Waals surface area contributed by atoms with E-state index in [2.05, 4.69) is 310 Å². The van der Waals surface area contributed by atoms with Crippen LogP contribution in [-0.4, -0.2) is 16.2 Å². The molecule has 0 saturated carbocycles. The van der Waals surface area contributed by atoms with Crippen LogP contribution < -0.4 is 14.7 Å². The van der Waals surface area contributed by atoms with E-state index in [1.54, 1.807) is 0 Å². The van der Waals surface area contributed by atoms with E-state index in [0.717, 1.165) is 39.6 Å². The summed E-state index contributed by atoms with van der Waals surface area (Å²) in [5.41, 5.74) is 20.2. The lowest BCUT2D eigenvalue weighted by Crippen LogP contribution is -2.25. The molecule has 0 spiro atoms. The number of fused-ring (bicyclic) bond motifs is 4. The summed E-state index contributed by atoms with van der Waals surface area (Å²) < 4.78 is 2.39. The fourth-order valence-electron chi connectivity index (χ4n) is 11.3. The second-order valence-electron chi connectivity index (χ2n) is 26.4. The standard InChI is InChI=1S/C73H77N5/c1-69(2,3)53-38-50(39-54(41-53)70(4,5)6)49-32-35-64-63(40-49)62-34-33-60(47-67(62)78(64)68-45-52(36-37-74-68)73(13,14)51-24-17-15-18-25-51)77(57-26-19-16-20-27-57)59-29-23-28-58(46-59)75-48-76(66-31-22-21-30-65(66)75)61-43-55(71(7,8)9)42-56(44-61)72(10,11)12/h15-47H,48H2,1-14H3. The van der Waals surface area contributed by atoms with Crippen LogP contribution in [0.1, 0.15) is 130 Å². The monoisotopic (exact) mass is 1020 g/mol. The maximum atomic E-state index is 5.21. The summed E-state index contributed by atoms with van der Waals surface area (Å²) in [5.74, 6) is 0.888. The van der Waals surface area contributed by atoms with Gasteiger partial charge >= 0.3 is 0 Å². The van der Waals surface area contributed by atoms with E-state index in [1.807, 2.05) is 6.20 Å². The van der Waals surface area contributed by atoms with Gasteiger partial charge in [0, 0.05) is 50.8 Å². The van der Waals surface area contributed by atoms with Gasteiger partial charge in [0.2, 0.25) is 0 Å². The summed E-state index contributed by atoms with van der Waals surface area (Å²) in [4.78, 5) is 12.6. The van der Waals surface area contributed by atoms with Crippen molar-refractivity contribution in [1.29, 1.82) is 0 Å². The van der Waals surface area contributed by atoms with E-state index in [-0.39, 0.29) is 27.1 Å². The van der Waals surface area contributed by atoms with Gasteiger partial charge in [-0.25, -0.2) is 4.98 Å². The molecule has 0 unspecified atom stereocenters. The Hall–Kier alpha value is -7.89. The highest BCUT2D eigenvalue weighted by Crippen LogP contribution is 2.48. The van der Waals surface area contributed by atoms with Gasteiger partial charge in [-0.15, -0.1) is 0 Å². The van der Waals surface area contributed by atoms with Crippen LogP contribution in [0.3, 0.4) is 0 Å². The second kappa shape index (κ2) is 19.2. The highest BCUT2D eigenvalue weighted by molar-refractivity contribution is 6.11. The third kappa shape index (κ3) is 9.78. The Balaban J connectivity index is 1.08. The van der Waals surface area contributed by atoms with Gasteiger partial charge in [-0.05, 0) is 157 Å². The molecule has 78 heavy (non-hydrogen) atoms. The molecule has 3 heterocycles. The van der Waals surface area contributed by atoms with Crippen LogP contribution in [0.4, 0.5) is 39.8 Å². The number of hydrogen-bond donors (Lipinski definition) is 0. The molecule has 0 aliphatic carbocycles. The van der Waals surface area contributed by atoms with Crippen LogP contribution in [0.5, 0.6) is 0 Å². The Morgan fingerprint density at radius 3 is 1.50 bits per heavy atom. The zero-order valence-electron chi connectivity index (χ0n) is 48.5. The van der Waals surface area contributed by atoms with Crippen molar-refractivity contribution >= 4 is 61.6 Å². The Labute approximate surface area is 464 Å².